The first kappa shape index (κ1) is 58.6. The number of unbranched alkanes of at least 4 members (excludes halogenated alkanes) is 38. The summed E-state index contributed by atoms with van der Waals surface area (Å²) in [6, 6.07) is 0. The summed E-state index contributed by atoms with van der Waals surface area (Å²) in [4.78, 5) is 25.4. The van der Waals surface area contributed by atoms with Gasteiger partial charge in [-0.15, -0.1) is 0 Å². The monoisotopic (exact) mass is 847 g/mol. The molecule has 0 spiro atoms. The Hall–Kier alpha value is -1.36. The molecule has 0 aromatic carbocycles. The van der Waals surface area contributed by atoms with Crippen molar-refractivity contribution in [1.82, 2.24) is 0 Å². The van der Waals surface area contributed by atoms with E-state index in [-0.39, 0.29) is 18.5 Å². The molecule has 356 valence electrons. The summed E-state index contributed by atoms with van der Waals surface area (Å²) >= 11 is 0. The predicted molar refractivity (Wildman–Crippen MR) is 261 cm³/mol. The Labute approximate surface area is 375 Å². The van der Waals surface area contributed by atoms with E-state index in [2.05, 4.69) is 32.9 Å². The molecule has 0 saturated carbocycles. The Bertz CT molecular complexity index is 871. The van der Waals surface area contributed by atoms with Crippen LogP contribution in [0.25, 0.3) is 0 Å². The quantitative estimate of drug-likeness (QED) is 0.0347. The van der Waals surface area contributed by atoms with Gasteiger partial charge in [-0.3, -0.25) is 9.59 Å². The predicted octanol–water partition coefficient (Wildman–Crippen LogP) is 18.2. The first-order valence-corrected chi connectivity index (χ1v) is 27.2. The first-order valence-electron chi connectivity index (χ1n) is 27.2. The molecule has 0 saturated heterocycles. The van der Waals surface area contributed by atoms with Crippen LogP contribution in [0.1, 0.15) is 303 Å². The van der Waals surface area contributed by atoms with Crippen molar-refractivity contribution in [3.05, 3.63) is 12.2 Å². The molecule has 0 aliphatic carbocycles. The zero-order chi connectivity index (χ0) is 43.5. The van der Waals surface area contributed by atoms with E-state index in [4.69, 9.17) is 14.2 Å². The molecule has 0 aromatic heterocycles. The number of rotatable bonds is 51. The van der Waals surface area contributed by atoms with Crippen LogP contribution >= 0.6 is 0 Å². The lowest BCUT2D eigenvalue weighted by atomic mass is 10.0. The van der Waals surface area contributed by atoms with Gasteiger partial charge < -0.3 is 14.2 Å². The Morgan fingerprint density at radius 2 is 0.650 bits per heavy atom. The van der Waals surface area contributed by atoms with Gasteiger partial charge in [0.1, 0.15) is 6.61 Å². The van der Waals surface area contributed by atoms with Gasteiger partial charge >= 0.3 is 11.9 Å². The maximum Gasteiger partial charge on any atom is 0.306 e. The largest absolute Gasteiger partial charge is 0.462 e. The van der Waals surface area contributed by atoms with E-state index in [9.17, 15) is 9.59 Å². The number of carbonyl (C=O) groups excluding carboxylic acids is 2. The molecule has 0 aliphatic rings. The van der Waals surface area contributed by atoms with E-state index in [1.807, 2.05) is 0 Å². The molecular weight excluding hydrogens is 741 g/mol. The Balaban J connectivity index is 4.19. The normalized spacial score (nSPS) is 12.1. The summed E-state index contributed by atoms with van der Waals surface area (Å²) in [6.07, 6.45) is 59.3. The second-order valence-electron chi connectivity index (χ2n) is 18.5. The molecular formula is C55H106O5. The third-order valence-corrected chi connectivity index (χ3v) is 12.3. The minimum atomic E-state index is -0.527. The molecule has 0 fully saturated rings. The topological polar surface area (TPSA) is 61.8 Å². The van der Waals surface area contributed by atoms with E-state index < -0.39 is 6.10 Å². The second kappa shape index (κ2) is 52.0. The van der Waals surface area contributed by atoms with Crippen LogP contribution < -0.4 is 0 Å². The van der Waals surface area contributed by atoms with Gasteiger partial charge in [0.05, 0.1) is 6.61 Å². The summed E-state index contributed by atoms with van der Waals surface area (Å²) in [5.41, 5.74) is 0. The molecule has 0 aliphatic heterocycles. The lowest BCUT2D eigenvalue weighted by molar-refractivity contribution is -0.163. The maximum absolute atomic E-state index is 12.8. The van der Waals surface area contributed by atoms with Crippen LogP contribution in [-0.4, -0.2) is 37.9 Å². The molecule has 0 rings (SSSR count). The third kappa shape index (κ3) is 49.3. The average molecular weight is 847 g/mol. The van der Waals surface area contributed by atoms with Crippen LogP contribution in [0.5, 0.6) is 0 Å². The lowest BCUT2D eigenvalue weighted by Crippen LogP contribution is -2.30. The van der Waals surface area contributed by atoms with E-state index >= 15 is 0 Å². The number of esters is 2. The van der Waals surface area contributed by atoms with Gasteiger partial charge in [-0.1, -0.05) is 258 Å². The highest BCUT2D eigenvalue weighted by Gasteiger charge is 2.17. The number of carbonyl (C=O) groups is 2. The highest BCUT2D eigenvalue weighted by Crippen LogP contribution is 2.16. The number of hydrogen-bond donors (Lipinski definition) is 0. The first-order chi connectivity index (χ1) is 29.6. The van der Waals surface area contributed by atoms with Crippen molar-refractivity contribution in [2.45, 2.75) is 309 Å². The van der Waals surface area contributed by atoms with Gasteiger partial charge in [0.2, 0.25) is 0 Å². The second-order valence-corrected chi connectivity index (χ2v) is 18.5. The summed E-state index contributed by atoms with van der Waals surface area (Å²) in [7, 11) is 0. The fraction of sp³-hybridized carbons (Fsp3) is 0.927. The zero-order valence-corrected chi connectivity index (χ0v) is 41.0. The fourth-order valence-corrected chi connectivity index (χ4v) is 8.21. The smallest absolute Gasteiger partial charge is 0.306 e. The van der Waals surface area contributed by atoms with Crippen LogP contribution in [0.3, 0.4) is 0 Å². The molecule has 0 N–H and O–H groups in total. The molecule has 0 amide bonds. The molecule has 0 bridgehead atoms. The molecule has 5 heteroatoms. The highest BCUT2D eigenvalue weighted by molar-refractivity contribution is 5.70. The number of hydrogen-bond acceptors (Lipinski definition) is 5. The minimum absolute atomic E-state index is 0.0938. The molecule has 60 heavy (non-hydrogen) atoms. The number of allylic oxidation sites excluding steroid dienone is 2. The molecule has 1 unspecified atom stereocenters. The van der Waals surface area contributed by atoms with Gasteiger partial charge in [-0.2, -0.15) is 0 Å². The third-order valence-electron chi connectivity index (χ3n) is 12.3. The molecule has 1 atom stereocenters. The van der Waals surface area contributed by atoms with Crippen molar-refractivity contribution >= 4 is 11.9 Å². The van der Waals surface area contributed by atoms with E-state index in [1.54, 1.807) is 0 Å². The van der Waals surface area contributed by atoms with Gasteiger partial charge in [-0.25, -0.2) is 0 Å². The molecule has 0 aromatic rings. The lowest BCUT2D eigenvalue weighted by Gasteiger charge is -2.18. The van der Waals surface area contributed by atoms with Crippen molar-refractivity contribution in [3.8, 4) is 0 Å². The van der Waals surface area contributed by atoms with Gasteiger partial charge in [0, 0.05) is 19.4 Å². The molecule has 5 nitrogen and oxygen atoms in total. The Kier molecular flexibility index (Phi) is 50.8. The molecule has 0 radical (unpaired) electrons. The van der Waals surface area contributed by atoms with Crippen LogP contribution in [0, 0.1) is 0 Å². The SMILES string of the molecule is CCCCCCCC/C=C\CCCCCCCCCCOCC(COC(=O)CCCCCCCCCCCCCCC)OC(=O)CCCCCCCCCCCCCCC. The van der Waals surface area contributed by atoms with Crippen LogP contribution in [0.15, 0.2) is 12.2 Å². The van der Waals surface area contributed by atoms with E-state index in [1.165, 1.54) is 238 Å². The summed E-state index contributed by atoms with van der Waals surface area (Å²) in [5.74, 6) is -0.376. The van der Waals surface area contributed by atoms with Crippen molar-refractivity contribution in [2.75, 3.05) is 19.8 Å². The maximum atomic E-state index is 12.8. The minimum Gasteiger partial charge on any atom is -0.462 e. The molecule has 0 heterocycles. The van der Waals surface area contributed by atoms with Crippen molar-refractivity contribution in [3.63, 3.8) is 0 Å². The van der Waals surface area contributed by atoms with Crippen LogP contribution in [0.2, 0.25) is 0 Å². The standard InChI is InChI=1S/C55H106O5/c1-4-7-10-13-16-19-22-25-26-27-28-29-32-35-38-41-44-47-50-58-51-53(60-55(57)49-46-43-40-37-34-31-24-21-18-15-12-9-6-3)52-59-54(56)48-45-42-39-36-33-30-23-20-17-14-11-8-5-2/h25-26,53H,4-24,27-52H2,1-3H3/b26-25-. The van der Waals surface area contributed by atoms with Gasteiger partial charge in [0.25, 0.3) is 0 Å². The van der Waals surface area contributed by atoms with E-state index in [0.29, 0.717) is 26.1 Å². The average Bonchev–Trinajstić information content (AvgIpc) is 3.25. The van der Waals surface area contributed by atoms with E-state index in [0.717, 1.165) is 32.1 Å². The van der Waals surface area contributed by atoms with Crippen LogP contribution in [-0.2, 0) is 23.8 Å². The highest BCUT2D eigenvalue weighted by atomic mass is 16.6. The Morgan fingerprint density at radius 3 is 1.02 bits per heavy atom. The summed E-state index contributed by atoms with van der Waals surface area (Å²) < 4.78 is 17.4. The summed E-state index contributed by atoms with van der Waals surface area (Å²) in [5, 5.41) is 0. The Morgan fingerprint density at radius 1 is 0.350 bits per heavy atom. The van der Waals surface area contributed by atoms with Gasteiger partial charge in [0.15, 0.2) is 6.10 Å². The van der Waals surface area contributed by atoms with Crippen LogP contribution in [0.4, 0.5) is 0 Å². The van der Waals surface area contributed by atoms with Gasteiger partial charge in [-0.05, 0) is 44.9 Å². The summed E-state index contributed by atoms with van der Waals surface area (Å²) in [6.45, 7) is 7.88. The fourth-order valence-electron chi connectivity index (χ4n) is 8.21. The van der Waals surface area contributed by atoms with Crippen molar-refractivity contribution in [2.24, 2.45) is 0 Å². The van der Waals surface area contributed by atoms with Crippen molar-refractivity contribution in [1.29, 1.82) is 0 Å². The number of ether oxygens (including phenoxy) is 3. The van der Waals surface area contributed by atoms with Crippen molar-refractivity contribution < 1.29 is 23.8 Å². The zero-order valence-electron chi connectivity index (χ0n) is 41.0.